The van der Waals surface area contributed by atoms with E-state index in [2.05, 4.69) is 10.3 Å². The Bertz CT molecular complexity index is 810. The largest absolute Gasteiger partial charge is 0.416 e. The van der Waals surface area contributed by atoms with E-state index in [1.807, 2.05) is 6.92 Å². The van der Waals surface area contributed by atoms with Gasteiger partial charge >= 0.3 is 11.9 Å². The van der Waals surface area contributed by atoms with Crippen molar-refractivity contribution >= 4 is 22.3 Å². The third kappa shape index (κ3) is 3.65. The second-order valence-electron chi connectivity index (χ2n) is 6.05. The van der Waals surface area contributed by atoms with Crippen LogP contribution in [0.25, 0.3) is 10.9 Å². The van der Waals surface area contributed by atoms with Crippen molar-refractivity contribution in [1.29, 1.82) is 0 Å². The van der Waals surface area contributed by atoms with E-state index in [4.69, 9.17) is 4.74 Å². The highest BCUT2D eigenvalue weighted by molar-refractivity contribution is 5.96. The highest BCUT2D eigenvalue weighted by Gasteiger charge is 2.32. The molecule has 25 heavy (non-hydrogen) atoms. The van der Waals surface area contributed by atoms with Gasteiger partial charge in [0.2, 0.25) is 0 Å². The van der Waals surface area contributed by atoms with Crippen molar-refractivity contribution in [3.63, 3.8) is 0 Å². The second kappa shape index (κ2) is 6.47. The average Bonchev–Trinajstić information content (AvgIpc) is 2.53. The number of nitro groups is 1. The first-order valence-corrected chi connectivity index (χ1v) is 7.78. The fourth-order valence-electron chi connectivity index (χ4n) is 2.98. The fraction of sp³-hybridized carbons (Fsp3) is 0.438. The van der Waals surface area contributed by atoms with Crippen molar-refractivity contribution in [3.8, 4) is 0 Å². The van der Waals surface area contributed by atoms with Gasteiger partial charge in [-0.3, -0.25) is 10.1 Å². The summed E-state index contributed by atoms with van der Waals surface area (Å²) < 4.78 is 44.5. The smallest absolute Gasteiger partial charge is 0.378 e. The number of pyridine rings is 1. The van der Waals surface area contributed by atoms with E-state index in [9.17, 15) is 23.3 Å². The Morgan fingerprint density at radius 3 is 2.80 bits per heavy atom. The summed E-state index contributed by atoms with van der Waals surface area (Å²) in [6.45, 7) is 2.37. The summed E-state index contributed by atoms with van der Waals surface area (Å²) in [7, 11) is 0. The fourth-order valence-corrected chi connectivity index (χ4v) is 2.98. The lowest BCUT2D eigenvalue weighted by atomic mass is 10.0. The zero-order chi connectivity index (χ0) is 18.2. The lowest BCUT2D eigenvalue weighted by Gasteiger charge is -2.29. The molecule has 1 aliphatic rings. The van der Waals surface area contributed by atoms with Gasteiger partial charge in [-0.05, 0) is 38.0 Å². The summed E-state index contributed by atoms with van der Waals surface area (Å²) in [6.07, 6.45) is -2.27. The van der Waals surface area contributed by atoms with Crippen LogP contribution < -0.4 is 5.32 Å². The number of aromatic nitrogens is 1. The Balaban J connectivity index is 2.11. The summed E-state index contributed by atoms with van der Waals surface area (Å²) in [6, 6.07) is 2.92. The molecule has 0 unspecified atom stereocenters. The summed E-state index contributed by atoms with van der Waals surface area (Å²) in [5.74, 6) is 0. The predicted octanol–water partition coefficient (Wildman–Crippen LogP) is 4.14. The summed E-state index contributed by atoms with van der Waals surface area (Å²) in [5, 5.41) is 14.5. The highest BCUT2D eigenvalue weighted by Crippen LogP contribution is 2.37. The molecule has 1 aromatic carbocycles. The molecule has 134 valence electrons. The first-order chi connectivity index (χ1) is 11.8. The molecule has 0 radical (unpaired) electrons. The first-order valence-electron chi connectivity index (χ1n) is 7.78. The quantitative estimate of drug-likeness (QED) is 0.661. The molecule has 1 aromatic heterocycles. The average molecular weight is 355 g/mol. The van der Waals surface area contributed by atoms with Crippen LogP contribution in [0.2, 0.25) is 0 Å². The molecule has 0 saturated carbocycles. The third-order valence-corrected chi connectivity index (χ3v) is 4.21. The Labute approximate surface area is 141 Å². The number of anilines is 1. The van der Waals surface area contributed by atoms with Gasteiger partial charge in [-0.2, -0.15) is 13.2 Å². The van der Waals surface area contributed by atoms with Crippen molar-refractivity contribution in [1.82, 2.24) is 4.98 Å². The van der Waals surface area contributed by atoms with Crippen molar-refractivity contribution < 1.29 is 22.8 Å². The highest BCUT2D eigenvalue weighted by atomic mass is 19.4. The summed E-state index contributed by atoms with van der Waals surface area (Å²) in [4.78, 5) is 14.6. The minimum Gasteiger partial charge on any atom is -0.378 e. The number of alkyl halides is 3. The number of halogens is 3. The zero-order valence-electron chi connectivity index (χ0n) is 13.3. The lowest BCUT2D eigenvalue weighted by Crippen LogP contribution is -2.32. The number of hydrogen-bond donors (Lipinski definition) is 1. The second-order valence-corrected chi connectivity index (χ2v) is 6.05. The molecule has 0 amide bonds. The van der Waals surface area contributed by atoms with E-state index in [0.29, 0.717) is 19.4 Å². The van der Waals surface area contributed by atoms with Crippen LogP contribution in [0.5, 0.6) is 0 Å². The Morgan fingerprint density at radius 2 is 2.16 bits per heavy atom. The summed E-state index contributed by atoms with van der Waals surface area (Å²) >= 11 is 0. The van der Waals surface area contributed by atoms with Gasteiger partial charge < -0.3 is 10.1 Å². The van der Waals surface area contributed by atoms with Crippen LogP contribution in [0.1, 0.15) is 25.3 Å². The molecule has 0 aliphatic carbocycles. The number of benzene rings is 1. The van der Waals surface area contributed by atoms with Crippen LogP contribution in [-0.4, -0.2) is 28.7 Å². The minimum atomic E-state index is -4.54. The van der Waals surface area contributed by atoms with Crippen molar-refractivity contribution in [3.05, 3.63) is 40.1 Å². The number of fused-ring (bicyclic) bond motifs is 1. The van der Waals surface area contributed by atoms with E-state index in [0.717, 1.165) is 18.3 Å². The van der Waals surface area contributed by atoms with E-state index < -0.39 is 16.7 Å². The topological polar surface area (TPSA) is 77.3 Å². The van der Waals surface area contributed by atoms with E-state index in [-0.39, 0.29) is 34.4 Å². The van der Waals surface area contributed by atoms with Gasteiger partial charge in [0.1, 0.15) is 11.9 Å². The van der Waals surface area contributed by atoms with Crippen molar-refractivity contribution in [2.75, 3.05) is 11.9 Å². The van der Waals surface area contributed by atoms with Crippen LogP contribution in [-0.2, 0) is 10.9 Å². The lowest BCUT2D eigenvalue weighted by molar-refractivity contribution is -0.384. The predicted molar refractivity (Wildman–Crippen MR) is 85.5 cm³/mol. The number of ether oxygens (including phenoxy) is 1. The molecule has 9 heteroatoms. The van der Waals surface area contributed by atoms with Crippen molar-refractivity contribution in [2.45, 2.75) is 38.1 Å². The Kier molecular flexibility index (Phi) is 4.51. The molecule has 2 aromatic rings. The number of rotatable bonds is 3. The maximum absolute atomic E-state index is 13.0. The van der Waals surface area contributed by atoms with E-state index >= 15 is 0 Å². The van der Waals surface area contributed by atoms with Gasteiger partial charge in [-0.1, -0.05) is 0 Å². The molecule has 1 N–H and O–H groups in total. The SMILES string of the molecule is C[C@@H]1C[C@H](Nc2c([N+](=O)[O-])cnc3ccc(C(F)(F)F)cc23)CCO1. The minimum absolute atomic E-state index is 0.0239. The Morgan fingerprint density at radius 1 is 1.40 bits per heavy atom. The molecular formula is C16H16F3N3O3. The van der Waals surface area contributed by atoms with E-state index in [1.165, 1.54) is 6.07 Å². The third-order valence-electron chi connectivity index (χ3n) is 4.21. The molecule has 1 saturated heterocycles. The molecule has 0 bridgehead atoms. The van der Waals surface area contributed by atoms with Crippen LogP contribution in [0.4, 0.5) is 24.5 Å². The molecule has 0 spiro atoms. The molecule has 1 aliphatic heterocycles. The molecule has 2 heterocycles. The molecule has 6 nitrogen and oxygen atoms in total. The number of nitrogens with zero attached hydrogens (tertiary/aromatic N) is 2. The van der Waals surface area contributed by atoms with Gasteiger partial charge in [0, 0.05) is 18.0 Å². The van der Waals surface area contributed by atoms with Crippen LogP contribution in [0.3, 0.4) is 0 Å². The maximum Gasteiger partial charge on any atom is 0.416 e. The van der Waals surface area contributed by atoms with E-state index in [1.54, 1.807) is 0 Å². The van der Waals surface area contributed by atoms with Crippen LogP contribution in [0, 0.1) is 10.1 Å². The Hall–Kier alpha value is -2.42. The maximum atomic E-state index is 13.0. The standard InChI is InChI=1S/C16H16F3N3O3/c1-9-6-11(4-5-25-9)21-15-12-7-10(16(17,18)19)2-3-13(12)20-8-14(15)22(23)24/h2-3,7-9,11H,4-6H2,1H3,(H,20,21)/t9-,11-/m1/s1. The zero-order valence-corrected chi connectivity index (χ0v) is 13.3. The first kappa shape index (κ1) is 17.4. The van der Waals surface area contributed by atoms with Gasteiger partial charge in [-0.15, -0.1) is 0 Å². The summed E-state index contributed by atoms with van der Waals surface area (Å²) in [5.41, 5.74) is -0.877. The van der Waals surface area contributed by atoms with Crippen LogP contribution in [0.15, 0.2) is 24.4 Å². The molecule has 2 atom stereocenters. The van der Waals surface area contributed by atoms with Crippen LogP contribution >= 0.6 is 0 Å². The van der Waals surface area contributed by atoms with Gasteiger partial charge in [-0.25, -0.2) is 4.98 Å². The molecular weight excluding hydrogens is 339 g/mol. The molecule has 3 rings (SSSR count). The van der Waals surface area contributed by atoms with Gasteiger partial charge in [0.25, 0.3) is 0 Å². The van der Waals surface area contributed by atoms with Crippen molar-refractivity contribution in [2.24, 2.45) is 0 Å². The van der Waals surface area contributed by atoms with Gasteiger partial charge in [0.15, 0.2) is 0 Å². The molecule has 1 fully saturated rings. The monoisotopic (exact) mass is 355 g/mol. The number of nitrogens with one attached hydrogen (secondary N) is 1. The van der Waals surface area contributed by atoms with Gasteiger partial charge in [0.05, 0.1) is 22.1 Å². The number of hydrogen-bond acceptors (Lipinski definition) is 5. The normalized spacial score (nSPS) is 21.3.